The van der Waals surface area contributed by atoms with Crippen LogP contribution in [0, 0.1) is 0 Å². The fourth-order valence-corrected chi connectivity index (χ4v) is 2.16. The Kier molecular flexibility index (Phi) is 4.94. The van der Waals surface area contributed by atoms with Gasteiger partial charge in [0.2, 0.25) is 5.91 Å². The molecule has 0 aromatic carbocycles. The number of nitrogens with two attached hydrogens (primary N) is 1. The van der Waals surface area contributed by atoms with Gasteiger partial charge in [-0.15, -0.1) is 0 Å². The van der Waals surface area contributed by atoms with Crippen molar-refractivity contribution in [3.8, 4) is 0 Å². The average Bonchev–Trinajstić information content (AvgIpc) is 2.50. The van der Waals surface area contributed by atoms with Crippen molar-refractivity contribution in [2.75, 3.05) is 13.1 Å². The van der Waals surface area contributed by atoms with E-state index in [1.54, 1.807) is 0 Å². The minimum Gasteiger partial charge on any atom is -0.340 e. The van der Waals surface area contributed by atoms with Gasteiger partial charge < -0.3 is 10.6 Å². The highest BCUT2D eigenvalue weighted by molar-refractivity contribution is 5.78. The molecule has 2 N–H and O–H groups in total. The zero-order valence-electron chi connectivity index (χ0n) is 9.17. The molecule has 1 atom stereocenters. The average molecular weight is 198 g/mol. The first-order valence-electron chi connectivity index (χ1n) is 5.79. The summed E-state index contributed by atoms with van der Waals surface area (Å²) in [6.45, 7) is 3.84. The van der Waals surface area contributed by atoms with Crippen LogP contribution in [0.4, 0.5) is 0 Å². The lowest BCUT2D eigenvalue weighted by molar-refractivity contribution is -0.129. The molecule has 3 heteroatoms. The third-order valence-corrected chi connectivity index (χ3v) is 2.93. The molecule has 3 nitrogen and oxygen atoms in total. The number of hydrogen-bond acceptors (Lipinski definition) is 2. The van der Waals surface area contributed by atoms with Crippen molar-refractivity contribution in [1.82, 2.24) is 4.90 Å². The number of unbranched alkanes of at least 4 members (excludes halogenated alkanes) is 1. The summed E-state index contributed by atoms with van der Waals surface area (Å²) >= 11 is 0. The largest absolute Gasteiger partial charge is 0.340 e. The zero-order valence-corrected chi connectivity index (χ0v) is 9.17. The van der Waals surface area contributed by atoms with Crippen LogP contribution in [0.1, 0.15) is 45.4 Å². The number of nitrogens with zero attached hydrogens (tertiary/aromatic N) is 1. The van der Waals surface area contributed by atoms with Gasteiger partial charge in [-0.3, -0.25) is 4.79 Å². The minimum absolute atomic E-state index is 0.348. The van der Waals surface area contributed by atoms with Gasteiger partial charge in [0, 0.05) is 19.0 Å². The van der Waals surface area contributed by atoms with E-state index in [2.05, 4.69) is 11.8 Å². The Morgan fingerprint density at radius 2 is 2.29 bits per heavy atom. The normalized spacial score (nSPS) is 22.0. The molecule has 0 bridgehead atoms. The number of carbonyl (C=O) groups is 1. The van der Waals surface area contributed by atoms with Gasteiger partial charge in [-0.05, 0) is 32.2 Å². The lowest BCUT2D eigenvalue weighted by Crippen LogP contribution is -2.33. The predicted octanol–water partition coefficient (Wildman–Crippen LogP) is 1.52. The van der Waals surface area contributed by atoms with E-state index in [1.807, 2.05) is 0 Å². The molecule has 1 unspecified atom stereocenters. The molecule has 0 aromatic rings. The van der Waals surface area contributed by atoms with Crippen LogP contribution in [-0.2, 0) is 4.79 Å². The lowest BCUT2D eigenvalue weighted by Gasteiger charge is -2.24. The highest BCUT2D eigenvalue weighted by atomic mass is 16.2. The van der Waals surface area contributed by atoms with Crippen LogP contribution >= 0.6 is 0 Å². The Hall–Kier alpha value is -0.570. The summed E-state index contributed by atoms with van der Waals surface area (Å²) in [4.78, 5) is 13.6. The number of hydrogen-bond donors (Lipinski definition) is 1. The Bertz CT molecular complexity index is 182. The molecule has 1 heterocycles. The molecule has 0 saturated carbocycles. The maximum atomic E-state index is 11.5. The van der Waals surface area contributed by atoms with Crippen LogP contribution in [0.25, 0.3) is 0 Å². The second-order valence-electron chi connectivity index (χ2n) is 4.06. The first kappa shape index (κ1) is 11.5. The van der Waals surface area contributed by atoms with E-state index in [0.717, 1.165) is 45.2 Å². The quantitative estimate of drug-likeness (QED) is 0.658. The van der Waals surface area contributed by atoms with Crippen molar-refractivity contribution in [3.05, 3.63) is 0 Å². The van der Waals surface area contributed by atoms with Crippen molar-refractivity contribution < 1.29 is 4.79 Å². The fourth-order valence-electron chi connectivity index (χ4n) is 2.16. The highest BCUT2D eigenvalue weighted by Crippen LogP contribution is 2.22. The van der Waals surface area contributed by atoms with E-state index in [0.29, 0.717) is 11.9 Å². The molecular weight excluding hydrogens is 176 g/mol. The summed E-state index contributed by atoms with van der Waals surface area (Å²) in [6.07, 6.45) is 6.24. The first-order valence-corrected chi connectivity index (χ1v) is 5.79. The van der Waals surface area contributed by atoms with E-state index in [1.165, 1.54) is 6.42 Å². The Balaban J connectivity index is 2.33. The SMILES string of the molecule is CCCC1CCC(=O)N1CCCCN. The molecule has 82 valence electrons. The Morgan fingerprint density at radius 1 is 1.50 bits per heavy atom. The number of carbonyl (C=O) groups excluding carboxylic acids is 1. The summed E-state index contributed by atoms with van der Waals surface area (Å²) in [7, 11) is 0. The Morgan fingerprint density at radius 3 is 2.93 bits per heavy atom. The van der Waals surface area contributed by atoms with Gasteiger partial charge in [-0.1, -0.05) is 13.3 Å². The van der Waals surface area contributed by atoms with Crippen molar-refractivity contribution in [2.45, 2.75) is 51.5 Å². The molecule has 1 saturated heterocycles. The maximum absolute atomic E-state index is 11.5. The van der Waals surface area contributed by atoms with Gasteiger partial charge in [-0.2, -0.15) is 0 Å². The van der Waals surface area contributed by atoms with Gasteiger partial charge in [0.05, 0.1) is 0 Å². The monoisotopic (exact) mass is 198 g/mol. The van der Waals surface area contributed by atoms with Crippen LogP contribution in [0.15, 0.2) is 0 Å². The lowest BCUT2D eigenvalue weighted by atomic mass is 10.1. The van der Waals surface area contributed by atoms with Crippen molar-refractivity contribution in [3.63, 3.8) is 0 Å². The van der Waals surface area contributed by atoms with Crippen molar-refractivity contribution in [2.24, 2.45) is 5.73 Å². The highest BCUT2D eigenvalue weighted by Gasteiger charge is 2.29. The third-order valence-electron chi connectivity index (χ3n) is 2.93. The molecule has 0 aromatic heterocycles. The molecule has 0 spiro atoms. The molecule has 1 aliphatic rings. The number of likely N-dealkylation sites (tertiary alicyclic amines) is 1. The molecule has 1 amide bonds. The number of amides is 1. The van der Waals surface area contributed by atoms with Crippen LogP contribution in [0.3, 0.4) is 0 Å². The minimum atomic E-state index is 0.348. The standard InChI is InChI=1S/C11H22N2O/c1-2-5-10-6-7-11(14)13(10)9-4-3-8-12/h10H,2-9,12H2,1H3. The van der Waals surface area contributed by atoms with Gasteiger partial charge in [0.25, 0.3) is 0 Å². The molecule has 1 aliphatic heterocycles. The molecule has 0 aliphatic carbocycles. The molecule has 14 heavy (non-hydrogen) atoms. The zero-order chi connectivity index (χ0) is 10.4. The van der Waals surface area contributed by atoms with Crippen LogP contribution < -0.4 is 5.73 Å². The summed E-state index contributed by atoms with van der Waals surface area (Å²) in [5, 5.41) is 0. The molecular formula is C11H22N2O. The van der Waals surface area contributed by atoms with Crippen LogP contribution in [0.2, 0.25) is 0 Å². The summed E-state index contributed by atoms with van der Waals surface area (Å²) in [6, 6.07) is 0.519. The van der Waals surface area contributed by atoms with E-state index in [4.69, 9.17) is 5.73 Å². The summed E-state index contributed by atoms with van der Waals surface area (Å²) in [5.41, 5.74) is 5.44. The first-order chi connectivity index (χ1) is 6.79. The number of rotatable bonds is 6. The van der Waals surface area contributed by atoms with Crippen LogP contribution in [0.5, 0.6) is 0 Å². The fraction of sp³-hybridized carbons (Fsp3) is 0.909. The second kappa shape index (κ2) is 6.02. The maximum Gasteiger partial charge on any atom is 0.222 e. The van der Waals surface area contributed by atoms with Gasteiger partial charge in [0.1, 0.15) is 0 Å². The smallest absolute Gasteiger partial charge is 0.222 e. The van der Waals surface area contributed by atoms with E-state index in [9.17, 15) is 4.79 Å². The summed E-state index contributed by atoms with van der Waals surface area (Å²) in [5.74, 6) is 0.348. The predicted molar refractivity (Wildman–Crippen MR) is 57.9 cm³/mol. The van der Waals surface area contributed by atoms with Crippen molar-refractivity contribution in [1.29, 1.82) is 0 Å². The van der Waals surface area contributed by atoms with Crippen LogP contribution in [-0.4, -0.2) is 29.9 Å². The van der Waals surface area contributed by atoms with Crippen molar-refractivity contribution >= 4 is 5.91 Å². The Labute approximate surface area is 86.6 Å². The second-order valence-corrected chi connectivity index (χ2v) is 4.06. The van der Waals surface area contributed by atoms with E-state index < -0.39 is 0 Å². The third kappa shape index (κ3) is 2.98. The molecule has 1 fully saturated rings. The van der Waals surface area contributed by atoms with Gasteiger partial charge in [0.15, 0.2) is 0 Å². The summed E-state index contributed by atoms with van der Waals surface area (Å²) < 4.78 is 0. The van der Waals surface area contributed by atoms with E-state index >= 15 is 0 Å². The topological polar surface area (TPSA) is 46.3 Å². The molecule has 1 rings (SSSR count). The molecule has 0 radical (unpaired) electrons. The van der Waals surface area contributed by atoms with Gasteiger partial charge in [-0.25, -0.2) is 0 Å². The van der Waals surface area contributed by atoms with E-state index in [-0.39, 0.29) is 0 Å². The van der Waals surface area contributed by atoms with Gasteiger partial charge >= 0.3 is 0 Å².